The van der Waals surface area contributed by atoms with Gasteiger partial charge in [-0.25, -0.2) is 9.97 Å². The molecule has 0 amide bonds. The van der Waals surface area contributed by atoms with Crippen LogP contribution in [0.5, 0.6) is 0 Å². The fourth-order valence-electron chi connectivity index (χ4n) is 2.82. The van der Waals surface area contributed by atoms with E-state index in [9.17, 15) is 0 Å². The second kappa shape index (κ2) is 6.44. The van der Waals surface area contributed by atoms with Crippen molar-refractivity contribution >= 4 is 0 Å². The lowest BCUT2D eigenvalue weighted by atomic mass is 9.94. The van der Waals surface area contributed by atoms with Crippen molar-refractivity contribution in [2.75, 3.05) is 33.7 Å². The lowest BCUT2D eigenvalue weighted by Crippen LogP contribution is -2.24. The van der Waals surface area contributed by atoms with E-state index in [0.717, 1.165) is 18.9 Å². The van der Waals surface area contributed by atoms with E-state index in [0.29, 0.717) is 17.8 Å². The monoisotopic (exact) mass is 262 g/mol. The van der Waals surface area contributed by atoms with Gasteiger partial charge in [-0.3, -0.25) is 0 Å². The Morgan fingerprint density at radius 3 is 2.84 bits per heavy atom. The Kier molecular flexibility index (Phi) is 4.88. The van der Waals surface area contributed by atoms with Crippen LogP contribution < -0.4 is 5.32 Å². The molecule has 4 nitrogen and oxygen atoms in total. The van der Waals surface area contributed by atoms with Crippen molar-refractivity contribution in [3.8, 4) is 0 Å². The summed E-state index contributed by atoms with van der Waals surface area (Å²) in [4.78, 5) is 11.7. The third kappa shape index (κ3) is 3.51. The van der Waals surface area contributed by atoms with Crippen LogP contribution in [0.2, 0.25) is 0 Å². The average Bonchev–Trinajstić information content (AvgIpc) is 2.82. The molecule has 106 valence electrons. The number of nitrogens with one attached hydrogen (secondary N) is 1. The molecular weight excluding hydrogens is 236 g/mol. The molecule has 2 unspecified atom stereocenters. The van der Waals surface area contributed by atoms with Crippen molar-refractivity contribution in [2.24, 2.45) is 5.92 Å². The van der Waals surface area contributed by atoms with E-state index in [1.807, 2.05) is 13.2 Å². The van der Waals surface area contributed by atoms with Crippen LogP contribution in [0.4, 0.5) is 0 Å². The smallest absolute Gasteiger partial charge is 0.133 e. The normalized spacial score (nSPS) is 22.1. The molecule has 0 bridgehead atoms. The van der Waals surface area contributed by atoms with Crippen molar-refractivity contribution in [1.82, 2.24) is 20.2 Å². The molecule has 2 rings (SSSR count). The molecular formula is C15H26N4. The molecule has 0 spiro atoms. The zero-order valence-electron chi connectivity index (χ0n) is 12.6. The topological polar surface area (TPSA) is 41.1 Å². The molecule has 1 aromatic heterocycles. The number of likely N-dealkylation sites (tertiary alicyclic amines) is 1. The number of rotatable bonds is 5. The quantitative estimate of drug-likeness (QED) is 0.879. The van der Waals surface area contributed by atoms with E-state index < -0.39 is 0 Å². The van der Waals surface area contributed by atoms with Gasteiger partial charge in [0.25, 0.3) is 0 Å². The molecule has 19 heavy (non-hydrogen) atoms. The summed E-state index contributed by atoms with van der Waals surface area (Å²) in [7, 11) is 4.17. The molecule has 4 heteroatoms. The summed E-state index contributed by atoms with van der Waals surface area (Å²) >= 11 is 0. The van der Waals surface area contributed by atoms with Crippen LogP contribution in [0.3, 0.4) is 0 Å². The van der Waals surface area contributed by atoms with Crippen LogP contribution in [0.25, 0.3) is 0 Å². The minimum atomic E-state index is 0.393. The molecule has 0 radical (unpaired) electrons. The lowest BCUT2D eigenvalue weighted by molar-refractivity contribution is 0.409. The Hall–Kier alpha value is -1.00. The summed E-state index contributed by atoms with van der Waals surface area (Å²) in [6, 6.07) is 2.09. The highest BCUT2D eigenvalue weighted by Gasteiger charge is 2.24. The van der Waals surface area contributed by atoms with Gasteiger partial charge in [0.2, 0.25) is 0 Å². The second-order valence-corrected chi connectivity index (χ2v) is 6.00. The number of hydrogen-bond acceptors (Lipinski definition) is 4. The molecule has 0 aliphatic carbocycles. The first-order valence-corrected chi connectivity index (χ1v) is 7.27. The van der Waals surface area contributed by atoms with E-state index in [1.165, 1.54) is 18.7 Å². The van der Waals surface area contributed by atoms with Gasteiger partial charge in [-0.2, -0.15) is 0 Å². The van der Waals surface area contributed by atoms with Gasteiger partial charge in [-0.1, -0.05) is 13.8 Å². The van der Waals surface area contributed by atoms with E-state index in [2.05, 4.69) is 42.2 Å². The number of likely N-dealkylation sites (N-methyl/N-ethyl adjacent to an activating group) is 2. The Morgan fingerprint density at radius 1 is 1.47 bits per heavy atom. The summed E-state index contributed by atoms with van der Waals surface area (Å²) < 4.78 is 0. The number of nitrogens with zero attached hydrogens (tertiary/aromatic N) is 3. The summed E-state index contributed by atoms with van der Waals surface area (Å²) in [6.07, 6.45) is 3.15. The fourth-order valence-corrected chi connectivity index (χ4v) is 2.82. The first-order valence-electron chi connectivity index (χ1n) is 7.27. The molecule has 1 N–H and O–H groups in total. The van der Waals surface area contributed by atoms with Crippen LogP contribution in [0, 0.1) is 5.92 Å². The predicted molar refractivity (Wildman–Crippen MR) is 78.4 cm³/mol. The summed E-state index contributed by atoms with van der Waals surface area (Å²) in [5.41, 5.74) is 1.22. The van der Waals surface area contributed by atoms with Crippen LogP contribution in [-0.2, 0) is 0 Å². The van der Waals surface area contributed by atoms with Gasteiger partial charge in [0.1, 0.15) is 5.82 Å². The second-order valence-electron chi connectivity index (χ2n) is 6.00. The Labute approximate surface area is 116 Å². The number of aromatic nitrogens is 2. The fraction of sp³-hybridized carbons (Fsp3) is 0.733. The van der Waals surface area contributed by atoms with Crippen LogP contribution in [-0.4, -0.2) is 48.6 Å². The number of hydrogen-bond donors (Lipinski definition) is 1. The van der Waals surface area contributed by atoms with Gasteiger partial charge >= 0.3 is 0 Å². The van der Waals surface area contributed by atoms with Gasteiger partial charge in [0, 0.05) is 36.8 Å². The first kappa shape index (κ1) is 14.4. The third-order valence-electron chi connectivity index (χ3n) is 4.07. The zero-order valence-corrected chi connectivity index (χ0v) is 12.6. The summed E-state index contributed by atoms with van der Waals surface area (Å²) in [5.74, 6) is 2.52. The zero-order chi connectivity index (χ0) is 13.8. The van der Waals surface area contributed by atoms with Gasteiger partial charge in [0.05, 0.1) is 0 Å². The van der Waals surface area contributed by atoms with E-state index >= 15 is 0 Å². The molecule has 1 aromatic rings. The molecule has 1 aliphatic heterocycles. The van der Waals surface area contributed by atoms with Gasteiger partial charge < -0.3 is 10.2 Å². The minimum absolute atomic E-state index is 0.393. The average molecular weight is 262 g/mol. The van der Waals surface area contributed by atoms with E-state index in [-0.39, 0.29) is 0 Å². The highest BCUT2D eigenvalue weighted by Crippen LogP contribution is 2.26. The Bertz CT molecular complexity index is 405. The molecule has 1 saturated heterocycles. The van der Waals surface area contributed by atoms with Crippen molar-refractivity contribution in [2.45, 2.75) is 32.1 Å². The maximum absolute atomic E-state index is 4.85. The Morgan fingerprint density at radius 2 is 2.26 bits per heavy atom. The van der Waals surface area contributed by atoms with Crippen molar-refractivity contribution in [1.29, 1.82) is 0 Å². The maximum atomic E-state index is 4.85. The standard InChI is InChI=1S/C15H26N4/c1-11(2)13(9-16-3)15-17-7-5-14(18-15)12-6-8-19(4)10-12/h5,7,11-13,16H,6,8-10H2,1-4H3. The van der Waals surface area contributed by atoms with Crippen molar-refractivity contribution < 1.29 is 0 Å². The van der Waals surface area contributed by atoms with Crippen molar-refractivity contribution in [3.63, 3.8) is 0 Å². The van der Waals surface area contributed by atoms with Gasteiger partial charge in [0.15, 0.2) is 0 Å². The highest BCUT2D eigenvalue weighted by molar-refractivity contribution is 5.13. The SMILES string of the molecule is CNCC(c1nccc(C2CCN(C)C2)n1)C(C)C. The van der Waals surface area contributed by atoms with Crippen LogP contribution >= 0.6 is 0 Å². The highest BCUT2D eigenvalue weighted by atomic mass is 15.1. The lowest BCUT2D eigenvalue weighted by Gasteiger charge is -2.20. The molecule has 1 fully saturated rings. The minimum Gasteiger partial charge on any atom is -0.319 e. The van der Waals surface area contributed by atoms with Crippen LogP contribution in [0.15, 0.2) is 12.3 Å². The molecule has 2 heterocycles. The van der Waals surface area contributed by atoms with Crippen molar-refractivity contribution in [3.05, 3.63) is 23.8 Å². The summed E-state index contributed by atoms with van der Waals surface area (Å²) in [5, 5.41) is 3.26. The molecule has 1 aliphatic rings. The maximum Gasteiger partial charge on any atom is 0.133 e. The predicted octanol–water partition coefficient (Wildman–Crippen LogP) is 1.85. The van der Waals surface area contributed by atoms with Crippen LogP contribution in [0.1, 0.15) is 43.6 Å². The van der Waals surface area contributed by atoms with E-state index in [4.69, 9.17) is 4.98 Å². The molecule has 0 saturated carbocycles. The third-order valence-corrected chi connectivity index (χ3v) is 4.07. The largest absolute Gasteiger partial charge is 0.319 e. The van der Waals surface area contributed by atoms with E-state index in [1.54, 1.807) is 0 Å². The molecule has 2 atom stereocenters. The Balaban J connectivity index is 2.18. The van der Waals surface area contributed by atoms with Gasteiger partial charge in [-0.15, -0.1) is 0 Å². The summed E-state index contributed by atoms with van der Waals surface area (Å²) in [6.45, 7) is 7.71. The molecule has 0 aromatic carbocycles. The first-order chi connectivity index (χ1) is 9.11. The van der Waals surface area contributed by atoms with Gasteiger partial charge in [-0.05, 0) is 39.0 Å².